The quantitative estimate of drug-likeness (QED) is 0.754. The third kappa shape index (κ3) is 5.02. The zero-order valence-electron chi connectivity index (χ0n) is 14.2. The second-order valence-electron chi connectivity index (χ2n) is 6.16. The van der Waals surface area contributed by atoms with Crippen LogP contribution in [-0.4, -0.2) is 63.2 Å². The Kier molecular flexibility index (Phi) is 6.59. The summed E-state index contributed by atoms with van der Waals surface area (Å²) in [7, 11) is -0.407. The molecule has 1 heterocycles. The van der Waals surface area contributed by atoms with Crippen molar-refractivity contribution in [1.29, 1.82) is 0 Å². The van der Waals surface area contributed by atoms with E-state index in [9.17, 15) is 18.0 Å². The highest BCUT2D eigenvalue weighted by molar-refractivity contribution is 9.10. The van der Waals surface area contributed by atoms with Gasteiger partial charge in [-0.2, -0.15) is 4.31 Å². The number of hydrogen-bond donors (Lipinski definition) is 1. The number of benzene rings is 1. The fourth-order valence-electron chi connectivity index (χ4n) is 2.60. The van der Waals surface area contributed by atoms with Gasteiger partial charge in [-0.15, -0.1) is 0 Å². The molecule has 1 atom stereocenters. The molecule has 1 aliphatic heterocycles. The van der Waals surface area contributed by atoms with Crippen LogP contribution in [0.4, 0.5) is 0 Å². The summed E-state index contributed by atoms with van der Waals surface area (Å²) < 4.78 is 27.6. The summed E-state index contributed by atoms with van der Waals surface area (Å²) in [5, 5.41) is 2.59. The Balaban J connectivity index is 2.03. The van der Waals surface area contributed by atoms with Crippen LogP contribution in [0.2, 0.25) is 0 Å². The molecule has 2 rings (SSSR count). The highest BCUT2D eigenvalue weighted by Gasteiger charge is 2.33. The van der Waals surface area contributed by atoms with Gasteiger partial charge >= 0.3 is 0 Å². The molecule has 0 saturated carbocycles. The number of rotatable bonds is 5. The van der Waals surface area contributed by atoms with Gasteiger partial charge in [-0.1, -0.05) is 15.9 Å². The van der Waals surface area contributed by atoms with E-state index in [1.807, 2.05) is 0 Å². The number of nitrogens with one attached hydrogen (secondary N) is 1. The monoisotopic (exact) mass is 431 g/mol. The molecule has 1 aromatic rings. The number of carbonyl (C=O) groups excluding carboxylic acids is 2. The van der Waals surface area contributed by atoms with E-state index in [4.69, 9.17) is 0 Å². The molecular formula is C16H22BrN3O4S. The van der Waals surface area contributed by atoms with Crippen LogP contribution in [0.15, 0.2) is 33.6 Å². The van der Waals surface area contributed by atoms with Crippen molar-refractivity contribution < 1.29 is 18.0 Å². The standard InChI is InChI=1S/C16H22BrN3O4S/c1-19(2)15(21)10-18-16(22)12-4-3-9-20(11-12)25(23,24)14-7-5-13(17)6-8-14/h5-8,12H,3-4,9-11H2,1-2H3,(H,18,22). The van der Waals surface area contributed by atoms with E-state index >= 15 is 0 Å². The lowest BCUT2D eigenvalue weighted by molar-refractivity contribution is -0.132. The van der Waals surface area contributed by atoms with Crippen LogP contribution >= 0.6 is 15.9 Å². The number of amides is 2. The number of piperidine rings is 1. The minimum atomic E-state index is -3.63. The fraction of sp³-hybridized carbons (Fsp3) is 0.500. The van der Waals surface area contributed by atoms with Gasteiger partial charge in [0.1, 0.15) is 0 Å². The van der Waals surface area contributed by atoms with Crippen molar-refractivity contribution in [2.75, 3.05) is 33.7 Å². The van der Waals surface area contributed by atoms with Crippen molar-refractivity contribution in [3.05, 3.63) is 28.7 Å². The lowest BCUT2D eigenvalue weighted by Gasteiger charge is -2.31. The maximum Gasteiger partial charge on any atom is 0.243 e. The van der Waals surface area contributed by atoms with Gasteiger partial charge in [-0.25, -0.2) is 8.42 Å². The lowest BCUT2D eigenvalue weighted by atomic mass is 9.99. The molecule has 9 heteroatoms. The predicted molar refractivity (Wildman–Crippen MR) is 97.3 cm³/mol. The molecule has 1 unspecified atom stereocenters. The Morgan fingerprint density at radius 3 is 2.52 bits per heavy atom. The summed E-state index contributed by atoms with van der Waals surface area (Å²) in [5.41, 5.74) is 0. The Morgan fingerprint density at radius 2 is 1.92 bits per heavy atom. The molecular weight excluding hydrogens is 410 g/mol. The van der Waals surface area contributed by atoms with Gasteiger partial charge < -0.3 is 10.2 Å². The zero-order chi connectivity index (χ0) is 18.6. The second kappa shape index (κ2) is 8.29. The van der Waals surface area contributed by atoms with Crippen LogP contribution in [0.5, 0.6) is 0 Å². The Hall–Kier alpha value is -1.45. The van der Waals surface area contributed by atoms with Crippen LogP contribution in [0.1, 0.15) is 12.8 Å². The fourth-order valence-corrected chi connectivity index (χ4v) is 4.38. The summed E-state index contributed by atoms with van der Waals surface area (Å²) in [4.78, 5) is 25.4. The molecule has 138 valence electrons. The molecule has 0 radical (unpaired) electrons. The Bertz CT molecular complexity index is 734. The van der Waals surface area contributed by atoms with Crippen molar-refractivity contribution in [2.24, 2.45) is 5.92 Å². The van der Waals surface area contributed by atoms with E-state index in [0.29, 0.717) is 19.4 Å². The summed E-state index contributed by atoms with van der Waals surface area (Å²) in [6.45, 7) is 0.432. The molecule has 25 heavy (non-hydrogen) atoms. The minimum Gasteiger partial charge on any atom is -0.347 e. The van der Waals surface area contributed by atoms with Crippen molar-refractivity contribution >= 4 is 37.8 Å². The number of nitrogens with zero attached hydrogens (tertiary/aromatic N) is 2. The topological polar surface area (TPSA) is 86.8 Å². The Morgan fingerprint density at radius 1 is 1.28 bits per heavy atom. The predicted octanol–water partition coefficient (Wildman–Crippen LogP) is 1.05. The summed E-state index contributed by atoms with van der Waals surface area (Å²) in [6, 6.07) is 6.43. The number of sulfonamides is 1. The molecule has 7 nitrogen and oxygen atoms in total. The first kappa shape index (κ1) is 19.9. The molecule has 1 N–H and O–H groups in total. The second-order valence-corrected chi connectivity index (χ2v) is 9.02. The SMILES string of the molecule is CN(C)C(=O)CNC(=O)C1CCCN(S(=O)(=O)c2ccc(Br)cc2)C1. The molecule has 0 aromatic heterocycles. The number of likely N-dealkylation sites (N-methyl/N-ethyl adjacent to an activating group) is 1. The molecule has 2 amide bonds. The van der Waals surface area contributed by atoms with Crippen LogP contribution in [0.3, 0.4) is 0 Å². The highest BCUT2D eigenvalue weighted by Crippen LogP contribution is 2.24. The first-order valence-electron chi connectivity index (χ1n) is 7.95. The van der Waals surface area contributed by atoms with E-state index in [0.717, 1.165) is 4.47 Å². The molecule has 0 bridgehead atoms. The average molecular weight is 432 g/mol. The molecule has 1 aliphatic rings. The third-order valence-corrected chi connectivity index (χ3v) is 6.53. The molecule has 0 spiro atoms. The summed E-state index contributed by atoms with van der Waals surface area (Å²) in [6.07, 6.45) is 1.21. The van der Waals surface area contributed by atoms with Gasteiger partial charge in [0.25, 0.3) is 0 Å². The van der Waals surface area contributed by atoms with Gasteiger partial charge in [0.15, 0.2) is 0 Å². The third-order valence-electron chi connectivity index (χ3n) is 4.12. The number of carbonyl (C=O) groups is 2. The van der Waals surface area contributed by atoms with E-state index in [1.54, 1.807) is 38.4 Å². The van der Waals surface area contributed by atoms with Crippen LogP contribution in [-0.2, 0) is 19.6 Å². The van der Waals surface area contributed by atoms with Crippen LogP contribution in [0.25, 0.3) is 0 Å². The number of halogens is 1. The van der Waals surface area contributed by atoms with E-state index in [2.05, 4.69) is 21.2 Å². The largest absolute Gasteiger partial charge is 0.347 e. The van der Waals surface area contributed by atoms with Crippen LogP contribution in [0, 0.1) is 5.92 Å². The van der Waals surface area contributed by atoms with Crippen molar-refractivity contribution in [3.63, 3.8) is 0 Å². The first-order valence-corrected chi connectivity index (χ1v) is 10.2. The normalized spacial score (nSPS) is 18.6. The molecule has 0 aliphatic carbocycles. The van der Waals surface area contributed by atoms with E-state index in [-0.39, 0.29) is 29.8 Å². The van der Waals surface area contributed by atoms with Gasteiger partial charge in [-0.3, -0.25) is 9.59 Å². The minimum absolute atomic E-state index is 0.0816. The van der Waals surface area contributed by atoms with Gasteiger partial charge in [0.2, 0.25) is 21.8 Å². The smallest absolute Gasteiger partial charge is 0.243 e. The zero-order valence-corrected chi connectivity index (χ0v) is 16.6. The average Bonchev–Trinajstić information content (AvgIpc) is 2.59. The van der Waals surface area contributed by atoms with Gasteiger partial charge in [-0.05, 0) is 37.1 Å². The van der Waals surface area contributed by atoms with E-state index in [1.165, 1.54) is 9.21 Å². The van der Waals surface area contributed by atoms with Gasteiger partial charge in [0.05, 0.1) is 17.4 Å². The number of hydrogen-bond acceptors (Lipinski definition) is 4. The molecule has 1 fully saturated rings. The molecule has 1 aromatic carbocycles. The maximum absolute atomic E-state index is 12.7. The first-order chi connectivity index (χ1) is 11.7. The van der Waals surface area contributed by atoms with Crippen molar-refractivity contribution in [3.8, 4) is 0 Å². The van der Waals surface area contributed by atoms with Crippen LogP contribution < -0.4 is 5.32 Å². The van der Waals surface area contributed by atoms with Crippen molar-refractivity contribution in [1.82, 2.24) is 14.5 Å². The Labute approximate surface area is 156 Å². The van der Waals surface area contributed by atoms with Crippen molar-refractivity contribution in [2.45, 2.75) is 17.7 Å². The van der Waals surface area contributed by atoms with Gasteiger partial charge in [0, 0.05) is 31.7 Å². The summed E-state index contributed by atoms with van der Waals surface area (Å²) >= 11 is 3.28. The lowest BCUT2D eigenvalue weighted by Crippen LogP contribution is -2.47. The summed E-state index contributed by atoms with van der Waals surface area (Å²) in [5.74, 6) is -0.941. The molecule has 1 saturated heterocycles. The van der Waals surface area contributed by atoms with E-state index < -0.39 is 15.9 Å². The maximum atomic E-state index is 12.7. The highest BCUT2D eigenvalue weighted by atomic mass is 79.9.